The van der Waals surface area contributed by atoms with Gasteiger partial charge in [0.1, 0.15) is 0 Å². The number of ether oxygens (including phenoxy) is 1. The molecule has 0 aliphatic heterocycles. The standard InChI is InChI=1S/C45H88O3/c1-2-3-4-5-6-7-8-9-10-11-15-18-21-24-27-30-33-36-39-42-45(47)48-44-41-38-35-32-29-26-23-20-17-14-12-13-16-19-22-25-28-31-34-37-40-43-46/h9-10,46H,2-8,11-44H2,1H3. The molecule has 0 bridgehead atoms. The third-order valence-electron chi connectivity index (χ3n) is 10.2. The molecule has 3 heteroatoms. The maximum atomic E-state index is 12.0. The number of carbonyl (C=O) groups is 1. The summed E-state index contributed by atoms with van der Waals surface area (Å²) in [5.74, 6) is 0.0214. The van der Waals surface area contributed by atoms with Gasteiger partial charge in [-0.15, -0.1) is 0 Å². The van der Waals surface area contributed by atoms with Gasteiger partial charge in [-0.2, -0.15) is 0 Å². The number of hydrogen-bond donors (Lipinski definition) is 1. The van der Waals surface area contributed by atoms with Crippen molar-refractivity contribution in [3.05, 3.63) is 12.2 Å². The van der Waals surface area contributed by atoms with Gasteiger partial charge in [0.15, 0.2) is 0 Å². The first-order valence-corrected chi connectivity index (χ1v) is 22.2. The van der Waals surface area contributed by atoms with Gasteiger partial charge in [-0.25, -0.2) is 0 Å². The van der Waals surface area contributed by atoms with E-state index in [0.717, 1.165) is 19.3 Å². The Morgan fingerprint density at radius 1 is 0.396 bits per heavy atom. The topological polar surface area (TPSA) is 46.5 Å². The lowest BCUT2D eigenvalue weighted by molar-refractivity contribution is -0.143. The van der Waals surface area contributed by atoms with Crippen LogP contribution in [0.4, 0.5) is 0 Å². The second-order valence-corrected chi connectivity index (χ2v) is 15.1. The smallest absolute Gasteiger partial charge is 0.305 e. The quantitative estimate of drug-likeness (QED) is 0.0398. The van der Waals surface area contributed by atoms with Gasteiger partial charge in [0.2, 0.25) is 0 Å². The Bertz CT molecular complexity index is 615. The van der Waals surface area contributed by atoms with Gasteiger partial charge in [0, 0.05) is 13.0 Å². The van der Waals surface area contributed by atoms with E-state index < -0.39 is 0 Å². The first kappa shape index (κ1) is 47.2. The minimum Gasteiger partial charge on any atom is -0.466 e. The Balaban J connectivity index is 3.17. The largest absolute Gasteiger partial charge is 0.466 e. The highest BCUT2D eigenvalue weighted by atomic mass is 16.5. The van der Waals surface area contributed by atoms with Crippen molar-refractivity contribution in [3.63, 3.8) is 0 Å². The third-order valence-corrected chi connectivity index (χ3v) is 10.2. The van der Waals surface area contributed by atoms with E-state index in [2.05, 4.69) is 19.1 Å². The summed E-state index contributed by atoms with van der Waals surface area (Å²) in [6, 6.07) is 0. The zero-order chi connectivity index (χ0) is 34.7. The van der Waals surface area contributed by atoms with E-state index in [1.165, 1.54) is 225 Å². The van der Waals surface area contributed by atoms with Crippen LogP contribution in [-0.4, -0.2) is 24.3 Å². The Morgan fingerprint density at radius 2 is 0.688 bits per heavy atom. The fraction of sp³-hybridized carbons (Fsp3) is 0.933. The lowest BCUT2D eigenvalue weighted by atomic mass is 10.0. The Hall–Kier alpha value is -0.830. The summed E-state index contributed by atoms with van der Waals surface area (Å²) in [5.41, 5.74) is 0. The lowest BCUT2D eigenvalue weighted by Gasteiger charge is -2.06. The van der Waals surface area contributed by atoms with Gasteiger partial charge in [-0.3, -0.25) is 4.79 Å². The monoisotopic (exact) mass is 677 g/mol. The molecule has 0 aromatic heterocycles. The molecule has 0 heterocycles. The van der Waals surface area contributed by atoms with Crippen LogP contribution >= 0.6 is 0 Å². The average Bonchev–Trinajstić information content (AvgIpc) is 3.09. The number of hydrogen-bond acceptors (Lipinski definition) is 3. The average molecular weight is 677 g/mol. The Labute approximate surface area is 302 Å². The minimum absolute atomic E-state index is 0.0214. The zero-order valence-corrected chi connectivity index (χ0v) is 32.9. The molecule has 0 rings (SSSR count). The molecule has 1 N–H and O–H groups in total. The number of unbranched alkanes of at least 4 members (excludes halogenated alkanes) is 35. The first-order chi connectivity index (χ1) is 23.8. The SMILES string of the molecule is CCCCCCCCC=CCCCCCCCCCCCC(=O)OCCCCCCCCCCCCCCCCCCCCCCCO. The molecule has 0 aromatic carbocycles. The van der Waals surface area contributed by atoms with Crippen LogP contribution in [0.1, 0.15) is 257 Å². The van der Waals surface area contributed by atoms with E-state index in [9.17, 15) is 4.79 Å². The second kappa shape index (κ2) is 44.2. The van der Waals surface area contributed by atoms with Crippen LogP contribution in [0.2, 0.25) is 0 Å². The molecule has 0 amide bonds. The van der Waals surface area contributed by atoms with Crippen LogP contribution in [0.25, 0.3) is 0 Å². The summed E-state index contributed by atoms with van der Waals surface area (Å²) in [6.07, 6.45) is 56.1. The van der Waals surface area contributed by atoms with Crippen molar-refractivity contribution in [3.8, 4) is 0 Å². The van der Waals surface area contributed by atoms with Crippen molar-refractivity contribution in [2.45, 2.75) is 257 Å². The zero-order valence-electron chi connectivity index (χ0n) is 32.9. The van der Waals surface area contributed by atoms with Crippen molar-refractivity contribution < 1.29 is 14.6 Å². The first-order valence-electron chi connectivity index (χ1n) is 22.2. The molecule has 0 aliphatic carbocycles. The molecular formula is C45H88O3. The summed E-state index contributed by atoms with van der Waals surface area (Å²) in [6.45, 7) is 3.27. The predicted octanol–water partition coefficient (Wildman–Crippen LogP) is 15.3. The maximum Gasteiger partial charge on any atom is 0.305 e. The molecule has 0 spiro atoms. The van der Waals surface area contributed by atoms with Gasteiger partial charge < -0.3 is 9.84 Å². The van der Waals surface area contributed by atoms with Gasteiger partial charge in [-0.05, 0) is 44.9 Å². The number of allylic oxidation sites excluding steroid dienone is 2. The summed E-state index contributed by atoms with van der Waals surface area (Å²) < 4.78 is 5.47. The fourth-order valence-corrected chi connectivity index (χ4v) is 6.88. The van der Waals surface area contributed by atoms with Crippen LogP contribution < -0.4 is 0 Å². The van der Waals surface area contributed by atoms with E-state index in [1.54, 1.807) is 0 Å². The molecule has 0 saturated heterocycles. The fourth-order valence-electron chi connectivity index (χ4n) is 6.88. The number of esters is 1. The molecule has 286 valence electrons. The molecule has 0 atom stereocenters. The summed E-state index contributed by atoms with van der Waals surface area (Å²) in [4.78, 5) is 12.0. The molecule has 0 fully saturated rings. The molecule has 0 saturated carbocycles. The Morgan fingerprint density at radius 3 is 1.04 bits per heavy atom. The van der Waals surface area contributed by atoms with Crippen LogP contribution in [-0.2, 0) is 9.53 Å². The van der Waals surface area contributed by atoms with E-state index >= 15 is 0 Å². The van der Waals surface area contributed by atoms with E-state index in [4.69, 9.17) is 9.84 Å². The normalized spacial score (nSPS) is 11.6. The van der Waals surface area contributed by atoms with E-state index in [-0.39, 0.29) is 5.97 Å². The van der Waals surface area contributed by atoms with Crippen LogP contribution in [0.5, 0.6) is 0 Å². The van der Waals surface area contributed by atoms with Crippen molar-refractivity contribution in [1.29, 1.82) is 0 Å². The van der Waals surface area contributed by atoms with Gasteiger partial charge in [0.25, 0.3) is 0 Å². The maximum absolute atomic E-state index is 12.0. The third kappa shape index (κ3) is 43.2. The van der Waals surface area contributed by atoms with Gasteiger partial charge >= 0.3 is 5.97 Å². The van der Waals surface area contributed by atoms with Crippen LogP contribution in [0.15, 0.2) is 12.2 Å². The van der Waals surface area contributed by atoms with Crippen molar-refractivity contribution in [2.75, 3.05) is 13.2 Å². The number of aliphatic hydroxyl groups is 1. The molecule has 3 nitrogen and oxygen atoms in total. The summed E-state index contributed by atoms with van der Waals surface area (Å²) in [7, 11) is 0. The molecule has 0 unspecified atom stereocenters. The van der Waals surface area contributed by atoms with E-state index in [0.29, 0.717) is 19.6 Å². The minimum atomic E-state index is 0.0214. The molecular weight excluding hydrogens is 588 g/mol. The van der Waals surface area contributed by atoms with Crippen molar-refractivity contribution in [2.24, 2.45) is 0 Å². The van der Waals surface area contributed by atoms with Gasteiger partial charge in [-0.1, -0.05) is 218 Å². The predicted molar refractivity (Wildman–Crippen MR) is 213 cm³/mol. The number of rotatable bonds is 42. The van der Waals surface area contributed by atoms with Crippen molar-refractivity contribution in [1.82, 2.24) is 0 Å². The molecule has 48 heavy (non-hydrogen) atoms. The highest BCUT2D eigenvalue weighted by molar-refractivity contribution is 5.69. The van der Waals surface area contributed by atoms with Crippen LogP contribution in [0.3, 0.4) is 0 Å². The molecule has 0 aromatic rings. The van der Waals surface area contributed by atoms with Crippen LogP contribution in [0, 0.1) is 0 Å². The van der Waals surface area contributed by atoms with Gasteiger partial charge in [0.05, 0.1) is 6.61 Å². The lowest BCUT2D eigenvalue weighted by Crippen LogP contribution is -2.05. The summed E-state index contributed by atoms with van der Waals surface area (Å²) in [5, 5.41) is 8.80. The molecule has 0 radical (unpaired) electrons. The number of carbonyl (C=O) groups excluding carboxylic acids is 1. The number of aliphatic hydroxyl groups excluding tert-OH is 1. The highest BCUT2D eigenvalue weighted by Crippen LogP contribution is 2.16. The van der Waals surface area contributed by atoms with Crippen molar-refractivity contribution >= 4 is 5.97 Å². The summed E-state index contributed by atoms with van der Waals surface area (Å²) >= 11 is 0. The highest BCUT2D eigenvalue weighted by Gasteiger charge is 2.03. The second-order valence-electron chi connectivity index (χ2n) is 15.1. The Kier molecular flexibility index (Phi) is 43.4. The molecule has 0 aliphatic rings. The van der Waals surface area contributed by atoms with E-state index in [1.807, 2.05) is 0 Å².